The molecule has 0 radical (unpaired) electrons. The molecular formula is C9H16N4O. The summed E-state index contributed by atoms with van der Waals surface area (Å²) in [5.74, 6) is 1.28. The van der Waals surface area contributed by atoms with Crippen LogP contribution in [0.5, 0.6) is 0 Å². The Balaban J connectivity index is 2.82. The van der Waals surface area contributed by atoms with Crippen LogP contribution in [0.1, 0.15) is 32.3 Å². The molecule has 0 aromatic carbocycles. The van der Waals surface area contributed by atoms with E-state index in [2.05, 4.69) is 20.7 Å². The van der Waals surface area contributed by atoms with E-state index >= 15 is 0 Å². The van der Waals surface area contributed by atoms with Crippen molar-refractivity contribution < 1.29 is 5.21 Å². The van der Waals surface area contributed by atoms with E-state index in [-0.39, 0.29) is 0 Å². The van der Waals surface area contributed by atoms with Crippen LogP contribution in [0.3, 0.4) is 0 Å². The summed E-state index contributed by atoms with van der Waals surface area (Å²) in [5.41, 5.74) is 3.14. The van der Waals surface area contributed by atoms with Gasteiger partial charge in [-0.15, -0.1) is 0 Å². The fourth-order valence-corrected chi connectivity index (χ4v) is 1.17. The van der Waals surface area contributed by atoms with Crippen LogP contribution in [0, 0.1) is 0 Å². The Morgan fingerprint density at radius 3 is 3.00 bits per heavy atom. The molecule has 1 heterocycles. The van der Waals surface area contributed by atoms with E-state index in [0.717, 1.165) is 30.6 Å². The van der Waals surface area contributed by atoms with Crippen LogP contribution >= 0.6 is 0 Å². The van der Waals surface area contributed by atoms with Gasteiger partial charge in [0.1, 0.15) is 5.84 Å². The van der Waals surface area contributed by atoms with Crippen molar-refractivity contribution in [3.8, 4) is 0 Å². The van der Waals surface area contributed by atoms with Crippen molar-refractivity contribution in [2.45, 2.75) is 33.1 Å². The molecule has 78 valence electrons. The lowest BCUT2D eigenvalue weighted by Gasteiger charge is -2.01. The standard InChI is InChI=1S/C9H16N4O/c1-3-5-8(13-14)11-9-7(4-2)6-10-12-9/h6,14H,3-5H2,1-2H3,(H2,10,11,12,13). The second kappa shape index (κ2) is 5.39. The van der Waals surface area contributed by atoms with Gasteiger partial charge in [-0.1, -0.05) is 13.8 Å². The normalized spacial score (nSPS) is 11.8. The van der Waals surface area contributed by atoms with Crippen LogP contribution in [0.25, 0.3) is 0 Å². The summed E-state index contributed by atoms with van der Waals surface area (Å²) < 4.78 is 0. The van der Waals surface area contributed by atoms with Gasteiger partial charge in [-0.2, -0.15) is 5.10 Å². The van der Waals surface area contributed by atoms with Crippen molar-refractivity contribution in [2.24, 2.45) is 4.99 Å². The first-order valence-electron chi connectivity index (χ1n) is 4.81. The maximum atomic E-state index is 8.80. The Kier molecular flexibility index (Phi) is 4.12. The molecule has 3 N–H and O–H groups in total. The first kappa shape index (κ1) is 10.7. The Morgan fingerprint density at radius 1 is 1.64 bits per heavy atom. The highest BCUT2D eigenvalue weighted by atomic mass is 16.5. The maximum absolute atomic E-state index is 8.80. The zero-order valence-corrected chi connectivity index (χ0v) is 8.54. The van der Waals surface area contributed by atoms with Gasteiger partial charge >= 0.3 is 0 Å². The van der Waals surface area contributed by atoms with Crippen LogP contribution in [0.2, 0.25) is 0 Å². The van der Waals surface area contributed by atoms with Gasteiger partial charge in [0.15, 0.2) is 5.82 Å². The number of aromatic nitrogens is 2. The highest BCUT2D eigenvalue weighted by molar-refractivity contribution is 5.83. The first-order valence-corrected chi connectivity index (χ1v) is 4.81. The number of hydroxylamine groups is 1. The summed E-state index contributed by atoms with van der Waals surface area (Å²) in [4.78, 5) is 4.24. The molecule has 5 heteroatoms. The molecule has 0 aliphatic heterocycles. The summed E-state index contributed by atoms with van der Waals surface area (Å²) in [6.45, 7) is 4.07. The second-order valence-electron chi connectivity index (χ2n) is 3.02. The molecule has 0 aliphatic carbocycles. The molecule has 0 atom stereocenters. The van der Waals surface area contributed by atoms with E-state index in [0.29, 0.717) is 5.84 Å². The SMILES string of the molecule is CCC/C(=N/c1[nH]ncc1CC)NO. The molecule has 0 aliphatic rings. The number of hydrogen-bond acceptors (Lipinski definition) is 3. The third kappa shape index (κ3) is 2.56. The minimum absolute atomic E-state index is 0.562. The van der Waals surface area contributed by atoms with E-state index in [4.69, 9.17) is 5.21 Å². The number of aliphatic imine (C=N–C) groups is 1. The molecule has 5 nitrogen and oxygen atoms in total. The molecule has 1 aromatic heterocycles. The Labute approximate surface area is 83.2 Å². The zero-order chi connectivity index (χ0) is 10.4. The second-order valence-corrected chi connectivity index (χ2v) is 3.02. The molecular weight excluding hydrogens is 180 g/mol. The highest BCUT2D eigenvalue weighted by Crippen LogP contribution is 2.15. The van der Waals surface area contributed by atoms with E-state index in [1.54, 1.807) is 6.20 Å². The number of hydrogen-bond donors (Lipinski definition) is 3. The van der Waals surface area contributed by atoms with E-state index in [1.165, 1.54) is 0 Å². The largest absolute Gasteiger partial charge is 0.290 e. The van der Waals surface area contributed by atoms with Gasteiger partial charge in [-0.3, -0.25) is 15.8 Å². The van der Waals surface area contributed by atoms with Gasteiger partial charge in [0.25, 0.3) is 0 Å². The average molecular weight is 196 g/mol. The first-order chi connectivity index (χ1) is 6.81. The van der Waals surface area contributed by atoms with Crippen molar-refractivity contribution >= 4 is 11.7 Å². The van der Waals surface area contributed by atoms with Crippen molar-refractivity contribution in [3.05, 3.63) is 11.8 Å². The fraction of sp³-hybridized carbons (Fsp3) is 0.556. The van der Waals surface area contributed by atoms with Crippen LogP contribution in [0.4, 0.5) is 5.82 Å². The molecule has 0 fully saturated rings. The smallest absolute Gasteiger partial charge is 0.153 e. The van der Waals surface area contributed by atoms with Crippen molar-refractivity contribution in [3.63, 3.8) is 0 Å². The molecule has 0 amide bonds. The van der Waals surface area contributed by atoms with Crippen molar-refractivity contribution in [1.82, 2.24) is 15.7 Å². The predicted molar refractivity (Wildman–Crippen MR) is 54.9 cm³/mol. The van der Waals surface area contributed by atoms with Crippen molar-refractivity contribution in [1.29, 1.82) is 0 Å². The number of nitrogens with zero attached hydrogens (tertiary/aromatic N) is 2. The lowest BCUT2D eigenvalue weighted by molar-refractivity contribution is 0.231. The molecule has 1 rings (SSSR count). The molecule has 0 unspecified atom stereocenters. The summed E-state index contributed by atoms with van der Waals surface area (Å²) in [5, 5.41) is 15.5. The third-order valence-electron chi connectivity index (χ3n) is 1.94. The van der Waals surface area contributed by atoms with Gasteiger partial charge in [0.05, 0.1) is 6.20 Å². The Bertz CT molecular complexity index is 306. The summed E-state index contributed by atoms with van der Waals surface area (Å²) >= 11 is 0. The Hall–Kier alpha value is -1.36. The lowest BCUT2D eigenvalue weighted by atomic mass is 10.2. The number of aromatic amines is 1. The summed E-state index contributed by atoms with van der Waals surface area (Å²) in [6.07, 6.45) is 4.28. The molecule has 14 heavy (non-hydrogen) atoms. The lowest BCUT2D eigenvalue weighted by Crippen LogP contribution is -2.18. The van der Waals surface area contributed by atoms with Gasteiger partial charge < -0.3 is 0 Å². The third-order valence-corrected chi connectivity index (χ3v) is 1.94. The number of rotatable bonds is 4. The quantitative estimate of drug-likeness (QED) is 0.390. The van der Waals surface area contributed by atoms with E-state index in [1.807, 2.05) is 13.8 Å². The van der Waals surface area contributed by atoms with E-state index < -0.39 is 0 Å². The zero-order valence-electron chi connectivity index (χ0n) is 8.54. The van der Waals surface area contributed by atoms with Crippen LogP contribution in [-0.2, 0) is 6.42 Å². The van der Waals surface area contributed by atoms with Gasteiger partial charge in [-0.05, 0) is 12.8 Å². The molecule has 0 spiro atoms. The van der Waals surface area contributed by atoms with Crippen LogP contribution in [0.15, 0.2) is 11.2 Å². The molecule has 0 saturated heterocycles. The average Bonchev–Trinajstić information content (AvgIpc) is 2.64. The number of nitrogens with one attached hydrogen (secondary N) is 2. The fourth-order valence-electron chi connectivity index (χ4n) is 1.17. The van der Waals surface area contributed by atoms with Gasteiger partial charge in [0, 0.05) is 12.0 Å². The maximum Gasteiger partial charge on any atom is 0.153 e. The minimum Gasteiger partial charge on any atom is -0.290 e. The number of aryl methyl sites for hydroxylation is 1. The number of H-pyrrole nitrogens is 1. The highest BCUT2D eigenvalue weighted by Gasteiger charge is 2.03. The summed E-state index contributed by atoms with van der Waals surface area (Å²) in [6, 6.07) is 0. The van der Waals surface area contributed by atoms with E-state index in [9.17, 15) is 0 Å². The topological polar surface area (TPSA) is 73.3 Å². The predicted octanol–water partition coefficient (Wildman–Crippen LogP) is 1.78. The van der Waals surface area contributed by atoms with Gasteiger partial charge in [0.2, 0.25) is 0 Å². The molecule has 0 saturated carbocycles. The monoisotopic (exact) mass is 196 g/mol. The van der Waals surface area contributed by atoms with Crippen LogP contribution < -0.4 is 5.48 Å². The minimum atomic E-state index is 0.562. The number of amidine groups is 1. The van der Waals surface area contributed by atoms with Crippen molar-refractivity contribution in [2.75, 3.05) is 0 Å². The Morgan fingerprint density at radius 2 is 2.43 bits per heavy atom. The summed E-state index contributed by atoms with van der Waals surface area (Å²) in [7, 11) is 0. The van der Waals surface area contributed by atoms with Gasteiger partial charge in [-0.25, -0.2) is 4.99 Å². The van der Waals surface area contributed by atoms with Crippen LogP contribution in [-0.4, -0.2) is 21.2 Å². The molecule has 0 bridgehead atoms. The molecule has 1 aromatic rings.